The molecule has 124 valence electrons. The van der Waals surface area contributed by atoms with Crippen molar-refractivity contribution in [3.05, 3.63) is 29.5 Å². The molecule has 0 aliphatic rings. The summed E-state index contributed by atoms with van der Waals surface area (Å²) in [4.78, 5) is 0. The molecular weight excluding hydrogens is 304 g/mol. The number of rotatable bonds is 5. The van der Waals surface area contributed by atoms with Gasteiger partial charge in [0, 0.05) is 0 Å². The molecule has 0 radical (unpaired) electrons. The molecule has 4 heteroatoms. The summed E-state index contributed by atoms with van der Waals surface area (Å²) >= 11 is 0. The zero-order valence-corrected chi connectivity index (χ0v) is 17.7. The van der Waals surface area contributed by atoms with Crippen LogP contribution in [0.15, 0.2) is 23.9 Å². The first-order chi connectivity index (χ1) is 9.86. The zero-order chi connectivity index (χ0) is 17.2. The lowest BCUT2D eigenvalue weighted by molar-refractivity contribution is 0.386. The van der Waals surface area contributed by atoms with Gasteiger partial charge in [-0.2, -0.15) is 0 Å². The highest BCUT2D eigenvalue weighted by molar-refractivity contribution is 6.81. The van der Waals surface area contributed by atoms with Gasteiger partial charge in [0.1, 0.15) is 5.75 Å². The molecule has 0 saturated carbocycles. The van der Waals surface area contributed by atoms with Crippen molar-refractivity contribution in [2.45, 2.75) is 58.5 Å². The summed E-state index contributed by atoms with van der Waals surface area (Å²) in [5.74, 6) is 1.68. The van der Waals surface area contributed by atoms with Crippen molar-refractivity contribution in [2.75, 3.05) is 7.11 Å². The number of benzene rings is 1. The Balaban J connectivity index is 3.15. The standard InChI is InChI=1S/C18H32O2Si2/c1-18(2,3)22(8,9)20-17-14-15(10-11-16(17)19-4)12-13-21(5,6)7/h10-14H,1-9H3. The molecule has 22 heavy (non-hydrogen) atoms. The average molecular weight is 337 g/mol. The molecular formula is C18H32O2Si2. The second-order valence-corrected chi connectivity index (χ2v) is 18.3. The van der Waals surface area contributed by atoms with Crippen LogP contribution < -0.4 is 9.16 Å². The molecule has 0 atom stereocenters. The van der Waals surface area contributed by atoms with Gasteiger partial charge >= 0.3 is 0 Å². The molecule has 0 aromatic heterocycles. The maximum Gasteiger partial charge on any atom is 0.250 e. The fraction of sp³-hybridized carbons (Fsp3) is 0.556. The summed E-state index contributed by atoms with van der Waals surface area (Å²) in [5.41, 5.74) is 3.53. The lowest BCUT2D eigenvalue weighted by Gasteiger charge is -2.36. The Morgan fingerprint density at radius 1 is 0.955 bits per heavy atom. The Labute approximate surface area is 138 Å². The van der Waals surface area contributed by atoms with Gasteiger partial charge in [0.25, 0.3) is 8.32 Å². The minimum absolute atomic E-state index is 0.169. The quantitative estimate of drug-likeness (QED) is 0.617. The van der Waals surface area contributed by atoms with E-state index in [9.17, 15) is 0 Å². The molecule has 2 nitrogen and oxygen atoms in total. The SMILES string of the molecule is COc1ccc(C=C[Si](C)(C)C)cc1O[Si](C)(C)C(C)(C)C. The van der Waals surface area contributed by atoms with Crippen LogP contribution in [-0.4, -0.2) is 23.5 Å². The van der Waals surface area contributed by atoms with Gasteiger partial charge in [0.2, 0.25) is 0 Å². The Kier molecular flexibility index (Phi) is 5.73. The van der Waals surface area contributed by atoms with E-state index in [0.29, 0.717) is 0 Å². The van der Waals surface area contributed by atoms with Crippen LogP contribution in [0.3, 0.4) is 0 Å². The predicted octanol–water partition coefficient (Wildman–Crippen LogP) is 5.97. The van der Waals surface area contributed by atoms with Gasteiger partial charge in [-0.25, -0.2) is 0 Å². The van der Waals surface area contributed by atoms with E-state index < -0.39 is 16.4 Å². The van der Waals surface area contributed by atoms with Crippen LogP contribution >= 0.6 is 0 Å². The van der Waals surface area contributed by atoms with E-state index in [2.05, 4.69) is 77.4 Å². The van der Waals surface area contributed by atoms with Crippen molar-refractivity contribution in [1.29, 1.82) is 0 Å². The van der Waals surface area contributed by atoms with E-state index in [-0.39, 0.29) is 5.04 Å². The maximum atomic E-state index is 6.45. The molecule has 0 aliphatic heterocycles. The topological polar surface area (TPSA) is 18.5 Å². The highest BCUT2D eigenvalue weighted by Gasteiger charge is 2.39. The van der Waals surface area contributed by atoms with E-state index in [1.807, 2.05) is 6.07 Å². The van der Waals surface area contributed by atoms with E-state index in [1.165, 1.54) is 5.56 Å². The van der Waals surface area contributed by atoms with Crippen molar-refractivity contribution in [1.82, 2.24) is 0 Å². The summed E-state index contributed by atoms with van der Waals surface area (Å²) in [6.45, 7) is 18.3. The van der Waals surface area contributed by atoms with Crippen molar-refractivity contribution < 1.29 is 9.16 Å². The van der Waals surface area contributed by atoms with Crippen LogP contribution in [-0.2, 0) is 0 Å². The molecule has 0 aliphatic carbocycles. The Morgan fingerprint density at radius 3 is 2.00 bits per heavy atom. The predicted molar refractivity (Wildman–Crippen MR) is 103 cm³/mol. The van der Waals surface area contributed by atoms with Crippen molar-refractivity contribution in [3.8, 4) is 11.5 Å². The molecule has 0 bridgehead atoms. The van der Waals surface area contributed by atoms with Crippen LogP contribution in [0.2, 0.25) is 37.8 Å². The Morgan fingerprint density at radius 2 is 1.55 bits per heavy atom. The van der Waals surface area contributed by atoms with Gasteiger partial charge < -0.3 is 9.16 Å². The van der Waals surface area contributed by atoms with Crippen molar-refractivity contribution in [3.63, 3.8) is 0 Å². The van der Waals surface area contributed by atoms with Crippen molar-refractivity contribution >= 4 is 22.5 Å². The smallest absolute Gasteiger partial charge is 0.250 e. The first-order valence-electron chi connectivity index (χ1n) is 7.92. The van der Waals surface area contributed by atoms with Crippen LogP contribution in [0.1, 0.15) is 26.3 Å². The fourth-order valence-corrected chi connectivity index (χ4v) is 3.36. The van der Waals surface area contributed by atoms with E-state index >= 15 is 0 Å². The Bertz CT molecular complexity index is 535. The van der Waals surface area contributed by atoms with Gasteiger partial charge in [-0.3, -0.25) is 0 Å². The highest BCUT2D eigenvalue weighted by atomic mass is 28.4. The summed E-state index contributed by atoms with van der Waals surface area (Å²) in [7, 11) is -1.37. The molecule has 0 N–H and O–H groups in total. The van der Waals surface area contributed by atoms with Gasteiger partial charge in [0.15, 0.2) is 5.75 Å². The molecule has 0 unspecified atom stereocenters. The summed E-state index contributed by atoms with van der Waals surface area (Å²) in [5, 5.41) is 0.169. The molecule has 0 heterocycles. The summed E-state index contributed by atoms with van der Waals surface area (Å²) < 4.78 is 11.9. The third-order valence-corrected chi connectivity index (χ3v) is 9.64. The van der Waals surface area contributed by atoms with E-state index in [0.717, 1.165) is 11.5 Å². The van der Waals surface area contributed by atoms with E-state index in [4.69, 9.17) is 9.16 Å². The number of methoxy groups -OCH3 is 1. The minimum Gasteiger partial charge on any atom is -0.541 e. The minimum atomic E-state index is -1.87. The third-order valence-electron chi connectivity index (χ3n) is 4.13. The normalized spacial score (nSPS) is 13.5. The average Bonchev–Trinajstić information content (AvgIpc) is 2.34. The molecule has 0 amide bonds. The third kappa shape index (κ3) is 5.32. The van der Waals surface area contributed by atoms with Crippen molar-refractivity contribution in [2.24, 2.45) is 0 Å². The maximum absolute atomic E-state index is 6.45. The van der Waals surface area contributed by atoms with Gasteiger partial charge in [-0.15, -0.1) is 0 Å². The van der Waals surface area contributed by atoms with Crippen LogP contribution in [0.5, 0.6) is 11.5 Å². The lowest BCUT2D eigenvalue weighted by Crippen LogP contribution is -2.43. The largest absolute Gasteiger partial charge is 0.541 e. The van der Waals surface area contributed by atoms with Gasteiger partial charge in [-0.1, -0.05) is 58.3 Å². The first kappa shape index (κ1) is 19.0. The highest BCUT2D eigenvalue weighted by Crippen LogP contribution is 2.40. The molecule has 1 aromatic rings. The fourth-order valence-electron chi connectivity index (χ4n) is 1.65. The molecule has 1 aromatic carbocycles. The van der Waals surface area contributed by atoms with E-state index in [1.54, 1.807) is 7.11 Å². The zero-order valence-electron chi connectivity index (χ0n) is 15.7. The number of hydrogen-bond acceptors (Lipinski definition) is 2. The second kappa shape index (κ2) is 6.63. The number of ether oxygens (including phenoxy) is 1. The second-order valence-electron chi connectivity index (χ2n) is 8.47. The molecule has 0 saturated heterocycles. The first-order valence-corrected chi connectivity index (χ1v) is 14.4. The van der Waals surface area contributed by atoms with Crippen LogP contribution in [0, 0.1) is 0 Å². The molecule has 0 spiro atoms. The molecule has 0 fully saturated rings. The van der Waals surface area contributed by atoms with Gasteiger partial charge in [-0.05, 0) is 35.8 Å². The Hall–Kier alpha value is -1.01. The molecule has 1 rings (SSSR count). The van der Waals surface area contributed by atoms with Crippen LogP contribution in [0.4, 0.5) is 0 Å². The van der Waals surface area contributed by atoms with Gasteiger partial charge in [0.05, 0.1) is 15.2 Å². The van der Waals surface area contributed by atoms with Crippen LogP contribution in [0.25, 0.3) is 6.08 Å². The monoisotopic (exact) mass is 336 g/mol. The summed E-state index contributed by atoms with van der Waals surface area (Å²) in [6.07, 6.45) is 2.21. The number of hydrogen-bond donors (Lipinski definition) is 0. The summed E-state index contributed by atoms with van der Waals surface area (Å²) in [6, 6.07) is 6.20. The lowest BCUT2D eigenvalue weighted by atomic mass is 10.2.